The molecular weight excluding hydrogens is 1470 g/mol. The van der Waals surface area contributed by atoms with Crippen molar-refractivity contribution >= 4 is 175 Å². The number of nitrogens with zero attached hydrogens (tertiary/aromatic N) is 15. The molecule has 0 saturated carbocycles. The summed E-state index contributed by atoms with van der Waals surface area (Å²) in [7, 11) is 16.7. The van der Waals surface area contributed by atoms with Gasteiger partial charge in [0.25, 0.3) is 0 Å². The number of aromatic nitrogens is 15. The Labute approximate surface area is 697 Å². The van der Waals surface area contributed by atoms with Crippen molar-refractivity contribution in [2.24, 2.45) is 56.4 Å². The van der Waals surface area contributed by atoms with Crippen molar-refractivity contribution in [1.82, 2.24) is 71.4 Å². The Morgan fingerprint density at radius 1 is 0.183 bits per heavy atom. The van der Waals surface area contributed by atoms with E-state index in [9.17, 15) is 0 Å². The second-order valence-corrected chi connectivity index (χ2v) is 31.7. The van der Waals surface area contributed by atoms with E-state index in [-0.39, 0.29) is 0 Å². The van der Waals surface area contributed by atoms with Crippen molar-refractivity contribution in [3.63, 3.8) is 0 Å². The molecule has 0 bridgehead atoms. The molecule has 9 aromatic carbocycles. The molecule has 24 rings (SSSR count). The van der Waals surface area contributed by atoms with Crippen LogP contribution in [0, 0.1) is 55.4 Å². The van der Waals surface area contributed by atoms with Gasteiger partial charge in [0.05, 0.1) is 66.9 Å². The van der Waals surface area contributed by atoms with E-state index in [1.807, 2.05) is 75.6 Å². The molecule has 0 aliphatic heterocycles. The van der Waals surface area contributed by atoms with Gasteiger partial charge in [-0.1, -0.05) is 133 Å². The Kier molecular flexibility index (Phi) is 21.1. The molecule has 15 heterocycles. The van der Waals surface area contributed by atoms with Gasteiger partial charge >= 0.3 is 0 Å². The lowest BCUT2D eigenvalue weighted by Gasteiger charge is -1.97. The average Bonchev–Trinajstić information content (AvgIpc) is 1.68. The number of para-hydroxylation sites is 4. The van der Waals surface area contributed by atoms with E-state index in [0.29, 0.717) is 0 Å². The summed E-state index contributed by atoms with van der Waals surface area (Å²) in [4.78, 5) is 30.6. The Hall–Kier alpha value is -14.6. The van der Waals surface area contributed by atoms with E-state index in [4.69, 9.17) is 0 Å². The maximum absolute atomic E-state index is 4.58. The lowest BCUT2D eigenvalue weighted by Crippen LogP contribution is -1.90. The van der Waals surface area contributed by atoms with Crippen molar-refractivity contribution in [3.05, 3.63) is 343 Å². The number of hydrogen-bond donors (Lipinski definition) is 0. The first-order chi connectivity index (χ1) is 58.2. The summed E-state index contributed by atoms with van der Waals surface area (Å²) in [6.45, 7) is 16.7. The zero-order chi connectivity index (χ0) is 83.3. The molecule has 0 N–H and O–H groups in total. The van der Waals surface area contributed by atoms with Gasteiger partial charge in [-0.3, -0.25) is 24.9 Å². The van der Waals surface area contributed by atoms with E-state index < -0.39 is 0 Å². The van der Waals surface area contributed by atoms with Crippen LogP contribution in [0.15, 0.2) is 298 Å². The van der Waals surface area contributed by atoms with Gasteiger partial charge in [-0.25, -0.2) is 9.97 Å². The second kappa shape index (κ2) is 32.5. The summed E-state index contributed by atoms with van der Waals surface area (Å²) in [5, 5.41) is 17.8. The molecule has 15 nitrogen and oxygen atoms in total. The van der Waals surface area contributed by atoms with E-state index in [2.05, 4.69) is 406 Å². The lowest BCUT2D eigenvalue weighted by molar-refractivity contribution is 0.982. The SMILES string of the molecule is Cc1cc2c(cn1)c1ccccc1n2C.Cc1ccc2c3ccccc3n(C)c2c1.Cc1ccc2c3ccccc3n(C)c2n1.Cc1ccc2c3cccnc3n(C)c2c1.Cc1ccc2c3ccncc3n(C)c2c1.Cc1ccc2c3cnccc3n(C)c2c1.Cc1ccc2c3ncccc3n(C)c2c1.Cc1cnc2c3ccccc3n(C)c2c1. The summed E-state index contributed by atoms with van der Waals surface area (Å²) in [5.41, 5.74) is 31.6. The van der Waals surface area contributed by atoms with E-state index in [1.54, 1.807) is 0 Å². The quantitative estimate of drug-likeness (QED) is 0.148. The van der Waals surface area contributed by atoms with Crippen molar-refractivity contribution < 1.29 is 0 Å². The molecule has 120 heavy (non-hydrogen) atoms. The molecule has 24 aromatic rings. The molecule has 0 atom stereocenters. The predicted octanol–water partition coefficient (Wildman–Crippen LogP) is 24.9. The highest BCUT2D eigenvalue weighted by Crippen LogP contribution is 2.35. The van der Waals surface area contributed by atoms with Crippen LogP contribution in [0.5, 0.6) is 0 Å². The molecule has 0 aliphatic rings. The van der Waals surface area contributed by atoms with Gasteiger partial charge in [-0.05, 0) is 204 Å². The van der Waals surface area contributed by atoms with Crippen LogP contribution >= 0.6 is 0 Å². The summed E-state index contributed by atoms with van der Waals surface area (Å²) in [6, 6.07) is 87.4. The van der Waals surface area contributed by atoms with Gasteiger partial charge in [0, 0.05) is 214 Å². The first-order valence-corrected chi connectivity index (χ1v) is 40.7. The second-order valence-electron chi connectivity index (χ2n) is 31.7. The molecule has 0 amide bonds. The third kappa shape index (κ3) is 14.5. The highest BCUT2D eigenvalue weighted by molar-refractivity contribution is 6.13. The minimum atomic E-state index is 1.05. The van der Waals surface area contributed by atoms with Crippen LogP contribution in [0.25, 0.3) is 175 Å². The third-order valence-electron chi connectivity index (χ3n) is 23.5. The Morgan fingerprint density at radius 3 is 1.12 bits per heavy atom. The van der Waals surface area contributed by atoms with E-state index >= 15 is 0 Å². The molecule has 0 saturated heterocycles. The normalized spacial score (nSPS) is 11.3. The Balaban J connectivity index is 0.0000000979. The minimum Gasteiger partial charge on any atom is -0.344 e. The van der Waals surface area contributed by atoms with Crippen LogP contribution in [0.2, 0.25) is 0 Å². The van der Waals surface area contributed by atoms with Crippen molar-refractivity contribution in [3.8, 4) is 0 Å². The summed E-state index contributed by atoms with van der Waals surface area (Å²) in [6.07, 6.45) is 15.1. The molecule has 15 aromatic heterocycles. The minimum absolute atomic E-state index is 1.05. The number of hydrogen-bond acceptors (Lipinski definition) is 7. The molecule has 15 heteroatoms. The maximum Gasteiger partial charge on any atom is 0.140 e. The van der Waals surface area contributed by atoms with Gasteiger partial charge < -0.3 is 36.5 Å². The molecule has 0 fully saturated rings. The standard InChI is InChI=1S/C14H13N.7C13H12N2/c1-10-7-8-12-11-5-3-4-6-13(11)15(2)14(12)9-10;1-9-3-4-10-11-8-14-6-5-12(11)15(2)13(10)7-9;1-9-3-4-10-11-5-6-14-8-13(11)15(2)12(10)7-9;1-9-5-6-10-12(8-9)15(2)11-4-3-7-14-13(10)11;1-9-5-6-10-11-4-3-7-14-13(11)15(2)12(10)8-9;1-9-7-13-11(8-14-9)10-5-3-4-6-12(10)15(13)2;1-9-7-12-13(14-8-9)10-5-3-4-6-11(10)15(12)2;1-9-7-8-11-10-5-3-4-6-12(10)15(2)13(11)14-9/h3-9H,1-2H3;7*3-8H,1-2H3. The van der Waals surface area contributed by atoms with Gasteiger partial charge in [0.1, 0.15) is 11.3 Å². The number of pyridine rings is 7. The van der Waals surface area contributed by atoms with Crippen molar-refractivity contribution in [2.75, 3.05) is 0 Å². The number of fused-ring (bicyclic) bond motifs is 24. The topological polar surface area (TPSA) is 130 Å². The largest absolute Gasteiger partial charge is 0.344 e. The van der Waals surface area contributed by atoms with Gasteiger partial charge in [-0.2, -0.15) is 0 Å². The van der Waals surface area contributed by atoms with Gasteiger partial charge in [0.15, 0.2) is 0 Å². The highest BCUT2D eigenvalue weighted by Gasteiger charge is 2.16. The van der Waals surface area contributed by atoms with Crippen LogP contribution in [0.1, 0.15) is 44.8 Å². The predicted molar refractivity (Wildman–Crippen MR) is 506 cm³/mol. The molecule has 0 aliphatic carbocycles. The monoisotopic (exact) mass is 1570 g/mol. The zero-order valence-corrected chi connectivity index (χ0v) is 71.0. The molecular formula is C105H97N15. The first-order valence-electron chi connectivity index (χ1n) is 40.7. The fourth-order valence-electron chi connectivity index (χ4n) is 17.2. The molecule has 0 spiro atoms. The maximum atomic E-state index is 4.58. The third-order valence-corrected chi connectivity index (χ3v) is 23.5. The van der Waals surface area contributed by atoms with Gasteiger partial charge in [-0.15, -0.1) is 0 Å². The summed E-state index contributed by atoms with van der Waals surface area (Å²) >= 11 is 0. The summed E-state index contributed by atoms with van der Waals surface area (Å²) in [5.74, 6) is 0. The molecule has 0 radical (unpaired) electrons. The van der Waals surface area contributed by atoms with Crippen LogP contribution in [-0.4, -0.2) is 71.4 Å². The first kappa shape index (κ1) is 78.0. The van der Waals surface area contributed by atoms with Crippen LogP contribution in [-0.2, 0) is 56.4 Å². The Bertz CT molecular complexity index is 6610. The fraction of sp³-hybridized carbons (Fsp3) is 0.152. The van der Waals surface area contributed by atoms with Crippen molar-refractivity contribution in [2.45, 2.75) is 55.4 Å². The van der Waals surface area contributed by atoms with Crippen molar-refractivity contribution in [1.29, 1.82) is 0 Å². The Morgan fingerprint density at radius 2 is 0.525 bits per heavy atom. The number of benzene rings is 9. The number of rotatable bonds is 0. The van der Waals surface area contributed by atoms with Crippen LogP contribution in [0.3, 0.4) is 0 Å². The molecule has 592 valence electrons. The van der Waals surface area contributed by atoms with Crippen LogP contribution < -0.4 is 0 Å². The van der Waals surface area contributed by atoms with Crippen LogP contribution in [0.4, 0.5) is 0 Å². The highest BCUT2D eigenvalue weighted by atomic mass is 15.0. The fourth-order valence-corrected chi connectivity index (χ4v) is 17.2. The molecule has 0 unspecified atom stereocenters. The number of aryl methyl sites for hydroxylation is 16. The lowest BCUT2D eigenvalue weighted by atomic mass is 10.1. The van der Waals surface area contributed by atoms with E-state index in [1.165, 1.54) is 186 Å². The summed E-state index contributed by atoms with van der Waals surface area (Å²) < 4.78 is 17.6. The van der Waals surface area contributed by atoms with E-state index in [0.717, 1.165) is 33.7 Å². The zero-order valence-electron chi connectivity index (χ0n) is 71.0. The average molecular weight is 1570 g/mol. The smallest absolute Gasteiger partial charge is 0.140 e. The van der Waals surface area contributed by atoms with Gasteiger partial charge in [0.2, 0.25) is 0 Å².